The van der Waals surface area contributed by atoms with Gasteiger partial charge in [-0.1, -0.05) is 11.6 Å². The number of hydrogen-bond acceptors (Lipinski definition) is 6. The highest BCUT2D eigenvalue weighted by Crippen LogP contribution is 2.38. The van der Waals surface area contributed by atoms with Gasteiger partial charge in [-0.2, -0.15) is 0 Å². The predicted molar refractivity (Wildman–Crippen MR) is 134 cm³/mol. The number of anilines is 1. The van der Waals surface area contributed by atoms with E-state index in [1.54, 1.807) is 6.07 Å². The highest BCUT2D eigenvalue weighted by molar-refractivity contribution is 7.19. The number of carbonyl (C=O) groups is 1. The maximum atomic E-state index is 14.0. The molecule has 1 amide bonds. The van der Waals surface area contributed by atoms with Gasteiger partial charge in [-0.05, 0) is 74.2 Å². The zero-order valence-corrected chi connectivity index (χ0v) is 20.5. The van der Waals surface area contributed by atoms with Crippen molar-refractivity contribution in [3.8, 4) is 27.4 Å². The molecule has 0 radical (unpaired) electrons. The minimum absolute atomic E-state index is 0.0458. The van der Waals surface area contributed by atoms with Crippen LogP contribution in [0.25, 0.3) is 21.7 Å². The maximum absolute atomic E-state index is 14.0. The van der Waals surface area contributed by atoms with Crippen molar-refractivity contribution in [2.45, 2.75) is 32.2 Å². The van der Waals surface area contributed by atoms with Gasteiger partial charge in [-0.15, -0.1) is 11.3 Å². The van der Waals surface area contributed by atoms with Crippen LogP contribution in [0.15, 0.2) is 42.5 Å². The average Bonchev–Trinajstić information content (AvgIpc) is 3.49. The van der Waals surface area contributed by atoms with Crippen molar-refractivity contribution in [3.05, 3.63) is 52.6 Å². The number of aromatic nitrogens is 1. The lowest BCUT2D eigenvalue weighted by molar-refractivity contribution is -0.122. The van der Waals surface area contributed by atoms with Crippen LogP contribution in [-0.2, 0) is 9.53 Å². The van der Waals surface area contributed by atoms with Crippen molar-refractivity contribution in [1.29, 1.82) is 0 Å². The topological polar surface area (TPSA) is 74.7 Å². The molecule has 1 aromatic carbocycles. The molecule has 0 saturated carbocycles. The summed E-state index contributed by atoms with van der Waals surface area (Å²) in [7, 11) is 0. The minimum Gasteiger partial charge on any atom is -0.507 e. The van der Waals surface area contributed by atoms with Crippen molar-refractivity contribution >= 4 is 34.7 Å². The summed E-state index contributed by atoms with van der Waals surface area (Å²) in [5.41, 5.74) is 1.56. The molecule has 0 aliphatic carbocycles. The Morgan fingerprint density at radius 1 is 1.32 bits per heavy atom. The number of pyridine rings is 1. The monoisotopic (exact) mass is 503 g/mol. The molecule has 2 N–H and O–H groups in total. The van der Waals surface area contributed by atoms with Gasteiger partial charge in [0.05, 0.1) is 10.0 Å². The molecule has 2 aromatic heterocycles. The van der Waals surface area contributed by atoms with E-state index in [1.807, 2.05) is 30.0 Å². The Kier molecular flexibility index (Phi) is 8.03. The molecule has 34 heavy (non-hydrogen) atoms. The zero-order chi connectivity index (χ0) is 24.1. The summed E-state index contributed by atoms with van der Waals surface area (Å²) in [6.07, 6.45) is 2.32. The van der Waals surface area contributed by atoms with E-state index in [9.17, 15) is 14.3 Å². The third kappa shape index (κ3) is 5.68. The molecule has 6 nitrogen and oxygen atoms in total. The highest BCUT2D eigenvalue weighted by atomic mass is 35.5. The lowest BCUT2D eigenvalue weighted by Crippen LogP contribution is -2.44. The second-order valence-corrected chi connectivity index (χ2v) is 9.77. The molecule has 0 spiro atoms. The van der Waals surface area contributed by atoms with Crippen LogP contribution < -0.4 is 10.2 Å². The molecule has 1 saturated heterocycles. The Morgan fingerprint density at radius 3 is 2.94 bits per heavy atom. The molecule has 9 heteroatoms. The molecule has 0 unspecified atom stereocenters. The second-order valence-electron chi connectivity index (χ2n) is 8.06. The molecule has 180 valence electrons. The van der Waals surface area contributed by atoms with Crippen LogP contribution in [0.4, 0.5) is 10.2 Å². The van der Waals surface area contributed by atoms with Crippen LogP contribution in [-0.4, -0.2) is 48.3 Å². The number of carbonyl (C=O) groups excluding carboxylic acids is 1. The van der Waals surface area contributed by atoms with E-state index in [4.69, 9.17) is 21.3 Å². The molecule has 0 bridgehead atoms. The molecule has 3 aromatic rings. The lowest BCUT2D eigenvalue weighted by atomic mass is 10.1. The van der Waals surface area contributed by atoms with Gasteiger partial charge in [0.15, 0.2) is 0 Å². The Morgan fingerprint density at radius 2 is 2.18 bits per heavy atom. The first-order valence-electron chi connectivity index (χ1n) is 11.3. The van der Waals surface area contributed by atoms with Gasteiger partial charge in [0.1, 0.15) is 23.4 Å². The average molecular weight is 504 g/mol. The van der Waals surface area contributed by atoms with E-state index >= 15 is 0 Å². The summed E-state index contributed by atoms with van der Waals surface area (Å²) in [6.45, 7) is 4.43. The normalized spacial score (nSPS) is 15.6. The number of hydrogen-bond donors (Lipinski definition) is 2. The molecule has 1 aliphatic heterocycles. The van der Waals surface area contributed by atoms with Crippen LogP contribution in [0.1, 0.15) is 26.2 Å². The number of amides is 1. The van der Waals surface area contributed by atoms with Crippen LogP contribution in [0.5, 0.6) is 5.75 Å². The fourth-order valence-electron chi connectivity index (χ4n) is 4.09. The number of halogens is 2. The smallest absolute Gasteiger partial charge is 0.242 e. The number of nitrogens with zero attached hydrogens (tertiary/aromatic N) is 2. The van der Waals surface area contributed by atoms with Gasteiger partial charge in [0.25, 0.3) is 0 Å². The van der Waals surface area contributed by atoms with E-state index in [0.29, 0.717) is 54.1 Å². The maximum Gasteiger partial charge on any atom is 0.242 e. The quantitative estimate of drug-likeness (QED) is 0.378. The molecular weight excluding hydrogens is 477 g/mol. The van der Waals surface area contributed by atoms with E-state index in [2.05, 4.69) is 5.32 Å². The third-order valence-electron chi connectivity index (χ3n) is 5.72. The lowest BCUT2D eigenvalue weighted by Gasteiger charge is -2.26. The first-order valence-corrected chi connectivity index (χ1v) is 12.5. The van der Waals surface area contributed by atoms with Gasteiger partial charge in [-0.25, -0.2) is 9.37 Å². The van der Waals surface area contributed by atoms with Crippen molar-refractivity contribution in [1.82, 2.24) is 10.3 Å². The number of rotatable bonds is 9. The number of aromatic hydroxyl groups is 1. The summed E-state index contributed by atoms with van der Waals surface area (Å²) in [6, 6.07) is 10.9. The number of ether oxygens (including phenoxy) is 1. The van der Waals surface area contributed by atoms with Crippen molar-refractivity contribution < 1.29 is 19.0 Å². The number of nitrogens with one attached hydrogen (secondary N) is 1. The Hall–Kier alpha value is -2.68. The summed E-state index contributed by atoms with van der Waals surface area (Å²) < 4.78 is 20.0. The van der Waals surface area contributed by atoms with E-state index in [0.717, 1.165) is 23.3 Å². The van der Waals surface area contributed by atoms with E-state index in [1.165, 1.54) is 29.5 Å². The number of thiophene rings is 1. The standard InChI is InChI=1S/C25H27ClFN3O3S/c1-2-33-12-4-10-28-25(32)20-5-3-11-30(20)24-14-16(22-8-9-23(26)34-22)13-19(29-24)18-15-17(27)6-7-21(18)31/h6-9,13-15,20,31H,2-5,10-12H2,1H3,(H,28,32)/t20-/m0/s1. The van der Waals surface area contributed by atoms with Crippen molar-refractivity contribution in [3.63, 3.8) is 0 Å². The SMILES string of the molecule is CCOCCCNC(=O)[C@@H]1CCCN1c1cc(-c2ccc(Cl)s2)cc(-c2cc(F)ccc2O)n1. The Balaban J connectivity index is 1.66. The van der Waals surface area contributed by atoms with Crippen molar-refractivity contribution in [2.75, 3.05) is 31.2 Å². The molecule has 1 atom stereocenters. The molecule has 1 fully saturated rings. The zero-order valence-electron chi connectivity index (χ0n) is 18.9. The summed E-state index contributed by atoms with van der Waals surface area (Å²) in [5, 5.41) is 13.4. The van der Waals surface area contributed by atoms with E-state index in [-0.39, 0.29) is 17.7 Å². The van der Waals surface area contributed by atoms with Crippen LogP contribution in [0.2, 0.25) is 4.34 Å². The summed E-state index contributed by atoms with van der Waals surface area (Å²) in [5.74, 6) is 0.0283. The van der Waals surface area contributed by atoms with Gasteiger partial charge in [0, 0.05) is 36.7 Å². The number of phenols is 1. The van der Waals surface area contributed by atoms with Gasteiger partial charge >= 0.3 is 0 Å². The summed E-state index contributed by atoms with van der Waals surface area (Å²) >= 11 is 7.59. The molecular formula is C25H27ClFN3O3S. The minimum atomic E-state index is -0.466. The van der Waals surface area contributed by atoms with Gasteiger partial charge < -0.3 is 20.1 Å². The molecule has 3 heterocycles. The van der Waals surface area contributed by atoms with Crippen LogP contribution in [0.3, 0.4) is 0 Å². The predicted octanol–water partition coefficient (Wildman–Crippen LogP) is 5.49. The third-order valence-corrected chi connectivity index (χ3v) is 7.00. The van der Waals surface area contributed by atoms with E-state index < -0.39 is 5.82 Å². The first kappa shape index (κ1) is 24.4. The highest BCUT2D eigenvalue weighted by Gasteiger charge is 2.32. The number of phenolic OH excluding ortho intramolecular Hbond substituents is 1. The molecule has 1 aliphatic rings. The number of benzene rings is 1. The molecule has 4 rings (SSSR count). The summed E-state index contributed by atoms with van der Waals surface area (Å²) in [4.78, 5) is 20.6. The Bertz CT molecular complexity index is 1160. The van der Waals surface area contributed by atoms with Gasteiger partial charge in [0.2, 0.25) is 5.91 Å². The Labute approximate surface area is 207 Å². The second kappa shape index (κ2) is 11.2. The largest absolute Gasteiger partial charge is 0.507 e. The van der Waals surface area contributed by atoms with Crippen molar-refractivity contribution in [2.24, 2.45) is 0 Å². The fourth-order valence-corrected chi connectivity index (χ4v) is 5.12. The van der Waals surface area contributed by atoms with Crippen LogP contribution >= 0.6 is 22.9 Å². The van der Waals surface area contributed by atoms with Crippen LogP contribution in [0, 0.1) is 5.82 Å². The fraction of sp³-hybridized carbons (Fsp3) is 0.360. The van der Waals surface area contributed by atoms with Gasteiger partial charge in [-0.3, -0.25) is 4.79 Å². The first-order chi connectivity index (χ1) is 16.5.